The fourth-order valence-corrected chi connectivity index (χ4v) is 4.55. The third-order valence-corrected chi connectivity index (χ3v) is 6.45. The van der Waals surface area contributed by atoms with Crippen LogP contribution in [0.1, 0.15) is 42.4 Å². The van der Waals surface area contributed by atoms with Crippen molar-refractivity contribution in [2.24, 2.45) is 0 Å². The predicted molar refractivity (Wildman–Crippen MR) is 130 cm³/mol. The van der Waals surface area contributed by atoms with Crippen molar-refractivity contribution in [2.75, 3.05) is 33.3 Å². The van der Waals surface area contributed by atoms with Crippen LogP contribution >= 0.6 is 0 Å². The maximum absolute atomic E-state index is 13.7. The highest BCUT2D eigenvalue weighted by molar-refractivity contribution is 6.16. The van der Waals surface area contributed by atoms with Gasteiger partial charge < -0.3 is 24.1 Å². The molecular weight excluding hydrogens is 451 g/mol. The van der Waals surface area contributed by atoms with Crippen molar-refractivity contribution in [3.63, 3.8) is 0 Å². The minimum Gasteiger partial charge on any atom is -0.503 e. The summed E-state index contributed by atoms with van der Waals surface area (Å²) in [5, 5.41) is 11.5. The topological polar surface area (TPSA) is 83.2 Å². The van der Waals surface area contributed by atoms with Gasteiger partial charge in [0, 0.05) is 11.9 Å². The monoisotopic (exact) mass is 480 g/mol. The number of para-hydroxylation sites is 1. The quantitative estimate of drug-likeness (QED) is 0.416. The van der Waals surface area contributed by atoms with Gasteiger partial charge in [0.05, 0.1) is 18.7 Å². The number of halogens is 1. The molecule has 1 aliphatic heterocycles. The van der Waals surface area contributed by atoms with Crippen molar-refractivity contribution in [1.82, 2.24) is 9.80 Å². The number of methoxy groups -OCH3 is 1. The number of benzene rings is 2. The van der Waals surface area contributed by atoms with Gasteiger partial charge in [-0.1, -0.05) is 38.1 Å². The molecule has 0 saturated carbocycles. The average Bonchev–Trinajstić information content (AvgIpc) is 3.41. The molecular formula is C27H29FN2O5. The van der Waals surface area contributed by atoms with Gasteiger partial charge in [0.25, 0.3) is 5.91 Å². The number of ether oxygens (including phenoxy) is 1. The fourth-order valence-electron chi connectivity index (χ4n) is 4.55. The van der Waals surface area contributed by atoms with E-state index in [0.29, 0.717) is 35.2 Å². The lowest BCUT2D eigenvalue weighted by Gasteiger charge is -2.28. The van der Waals surface area contributed by atoms with Gasteiger partial charge in [0.15, 0.2) is 22.9 Å². The summed E-state index contributed by atoms with van der Waals surface area (Å²) in [6, 6.07) is 11.6. The Balaban J connectivity index is 1.71. The lowest BCUT2D eigenvalue weighted by atomic mass is 9.95. The standard InChI is InChI=1S/C27H29FN2O5/c1-4-29(5-2)14-7-15-30-23(17-10-12-19(28)13-11-17)22(25(32)27(30)33)24(31)21-16-18-8-6-9-20(34-3)26(18)35-21/h6,8-13,16,23,32H,4-5,7,14-15H2,1-3H3. The van der Waals surface area contributed by atoms with Crippen molar-refractivity contribution in [1.29, 1.82) is 0 Å². The van der Waals surface area contributed by atoms with E-state index in [9.17, 15) is 19.1 Å². The molecule has 0 spiro atoms. The number of rotatable bonds is 10. The maximum Gasteiger partial charge on any atom is 0.290 e. The van der Waals surface area contributed by atoms with Crippen LogP contribution < -0.4 is 4.74 Å². The second kappa shape index (κ2) is 10.3. The Hall–Kier alpha value is -3.65. The lowest BCUT2D eigenvalue weighted by Crippen LogP contribution is -2.34. The van der Waals surface area contributed by atoms with Crippen LogP contribution in [0.2, 0.25) is 0 Å². The summed E-state index contributed by atoms with van der Waals surface area (Å²) < 4.78 is 24.8. The molecule has 3 aromatic rings. The van der Waals surface area contributed by atoms with Crippen LogP contribution in [0.4, 0.5) is 4.39 Å². The molecule has 1 aliphatic rings. The zero-order valence-electron chi connectivity index (χ0n) is 20.1. The predicted octanol–water partition coefficient (Wildman–Crippen LogP) is 4.89. The smallest absolute Gasteiger partial charge is 0.290 e. The number of aliphatic hydroxyl groups excluding tert-OH is 1. The number of Topliss-reactive ketones (excluding diaryl/α,β-unsaturated/α-hetero) is 1. The summed E-state index contributed by atoms with van der Waals surface area (Å²) in [4.78, 5) is 30.5. The molecule has 7 nitrogen and oxygen atoms in total. The molecule has 0 saturated heterocycles. The number of nitrogens with zero attached hydrogens (tertiary/aromatic N) is 2. The summed E-state index contributed by atoms with van der Waals surface area (Å²) in [7, 11) is 1.50. The first-order valence-electron chi connectivity index (χ1n) is 11.7. The largest absolute Gasteiger partial charge is 0.503 e. The SMILES string of the molecule is CCN(CC)CCCN1C(=O)C(O)=C(C(=O)c2cc3cccc(OC)c3o2)C1c1ccc(F)cc1. The molecule has 1 atom stereocenters. The number of aliphatic hydroxyl groups is 1. The molecule has 8 heteroatoms. The second-order valence-corrected chi connectivity index (χ2v) is 8.41. The molecule has 0 aliphatic carbocycles. The molecule has 0 radical (unpaired) electrons. The molecule has 0 fully saturated rings. The number of amides is 1. The summed E-state index contributed by atoms with van der Waals surface area (Å²) >= 11 is 0. The molecule has 35 heavy (non-hydrogen) atoms. The van der Waals surface area contributed by atoms with Crippen molar-refractivity contribution in [2.45, 2.75) is 26.3 Å². The van der Waals surface area contributed by atoms with Gasteiger partial charge in [-0.25, -0.2) is 4.39 Å². The highest BCUT2D eigenvalue weighted by Gasteiger charge is 2.44. The Morgan fingerprint density at radius 3 is 2.54 bits per heavy atom. The van der Waals surface area contributed by atoms with Gasteiger partial charge in [-0.3, -0.25) is 9.59 Å². The first-order chi connectivity index (χ1) is 16.9. The van der Waals surface area contributed by atoms with Crippen LogP contribution in [-0.4, -0.2) is 59.9 Å². The number of fused-ring (bicyclic) bond motifs is 1. The molecule has 0 bridgehead atoms. The number of furan rings is 1. The Morgan fingerprint density at radius 1 is 1.17 bits per heavy atom. The minimum absolute atomic E-state index is 0.0176. The van der Waals surface area contributed by atoms with Crippen molar-refractivity contribution >= 4 is 22.7 Å². The molecule has 1 aromatic heterocycles. The minimum atomic E-state index is -0.859. The van der Waals surface area contributed by atoms with E-state index in [1.165, 1.54) is 36.3 Å². The fraction of sp³-hybridized carbons (Fsp3) is 0.333. The molecule has 4 rings (SSSR count). The van der Waals surface area contributed by atoms with Gasteiger partial charge in [-0.05, 0) is 55.9 Å². The van der Waals surface area contributed by atoms with E-state index in [1.807, 2.05) is 0 Å². The van der Waals surface area contributed by atoms with Crippen molar-refractivity contribution < 1.29 is 28.2 Å². The number of carbonyl (C=O) groups is 2. The van der Waals surface area contributed by atoms with Gasteiger partial charge in [0.1, 0.15) is 5.82 Å². The number of ketones is 1. The van der Waals surface area contributed by atoms with Gasteiger partial charge in [0.2, 0.25) is 5.78 Å². The van der Waals surface area contributed by atoms with E-state index in [2.05, 4.69) is 18.7 Å². The average molecular weight is 481 g/mol. The Morgan fingerprint density at radius 2 is 1.89 bits per heavy atom. The zero-order valence-corrected chi connectivity index (χ0v) is 20.1. The molecule has 184 valence electrons. The van der Waals surface area contributed by atoms with E-state index in [4.69, 9.17) is 9.15 Å². The van der Waals surface area contributed by atoms with E-state index in [-0.39, 0.29) is 11.3 Å². The molecule has 1 unspecified atom stereocenters. The molecule has 1 N–H and O–H groups in total. The third kappa shape index (κ3) is 4.66. The number of hydrogen-bond acceptors (Lipinski definition) is 6. The van der Waals surface area contributed by atoms with Crippen molar-refractivity contribution in [3.05, 3.63) is 77.0 Å². The number of carbonyl (C=O) groups excluding carboxylic acids is 2. The Labute approximate surface area is 203 Å². The maximum atomic E-state index is 13.7. The van der Waals surface area contributed by atoms with Gasteiger partial charge >= 0.3 is 0 Å². The van der Waals surface area contributed by atoms with Crippen LogP contribution in [0.3, 0.4) is 0 Å². The number of hydrogen-bond donors (Lipinski definition) is 1. The molecule has 2 heterocycles. The van der Waals surface area contributed by atoms with E-state index < -0.39 is 29.3 Å². The first-order valence-corrected chi connectivity index (χ1v) is 11.7. The Bertz CT molecular complexity index is 1260. The Kier molecular flexibility index (Phi) is 7.21. The normalized spacial score (nSPS) is 16.1. The summed E-state index contributed by atoms with van der Waals surface area (Å²) in [6.45, 7) is 6.99. The van der Waals surface area contributed by atoms with Crippen LogP contribution in [0.25, 0.3) is 11.0 Å². The highest BCUT2D eigenvalue weighted by atomic mass is 19.1. The summed E-state index contributed by atoms with van der Waals surface area (Å²) in [5.74, 6) is -1.83. The van der Waals surface area contributed by atoms with Crippen LogP contribution in [0.15, 0.2) is 64.3 Å². The van der Waals surface area contributed by atoms with E-state index in [0.717, 1.165) is 19.6 Å². The molecule has 1 amide bonds. The first kappa shape index (κ1) is 24.5. The van der Waals surface area contributed by atoms with Gasteiger partial charge in [-0.15, -0.1) is 0 Å². The third-order valence-electron chi connectivity index (χ3n) is 6.45. The lowest BCUT2D eigenvalue weighted by molar-refractivity contribution is -0.129. The highest BCUT2D eigenvalue weighted by Crippen LogP contribution is 2.40. The summed E-state index contributed by atoms with van der Waals surface area (Å²) in [5.41, 5.74) is 0.850. The molecule has 2 aromatic carbocycles. The van der Waals surface area contributed by atoms with Crippen LogP contribution in [0.5, 0.6) is 5.75 Å². The van der Waals surface area contributed by atoms with Crippen LogP contribution in [0, 0.1) is 5.82 Å². The summed E-state index contributed by atoms with van der Waals surface area (Å²) in [6.07, 6.45) is 0.654. The van der Waals surface area contributed by atoms with Gasteiger partial charge in [-0.2, -0.15) is 0 Å². The van der Waals surface area contributed by atoms with E-state index in [1.54, 1.807) is 24.3 Å². The van der Waals surface area contributed by atoms with Crippen molar-refractivity contribution in [3.8, 4) is 5.75 Å². The second-order valence-electron chi connectivity index (χ2n) is 8.41. The van der Waals surface area contributed by atoms with Crippen LogP contribution in [-0.2, 0) is 4.79 Å². The zero-order chi connectivity index (χ0) is 25.1. The van der Waals surface area contributed by atoms with E-state index >= 15 is 0 Å².